The van der Waals surface area contributed by atoms with Gasteiger partial charge in [-0.1, -0.05) is 13.8 Å². The number of amides is 1. The molecule has 4 heteroatoms. The van der Waals surface area contributed by atoms with Crippen LogP contribution in [0.25, 0.3) is 11.1 Å². The fraction of sp³-hybridized carbons (Fsp3) is 0.333. The minimum Gasteiger partial charge on any atom is -0.440 e. The van der Waals surface area contributed by atoms with Gasteiger partial charge in [0.15, 0.2) is 0 Å². The van der Waals surface area contributed by atoms with E-state index in [1.807, 2.05) is 32.9 Å². The predicted molar refractivity (Wildman–Crippen MR) is 62.5 cm³/mol. The molecule has 0 unspecified atom stereocenters. The SMILES string of the molecule is Cc1ccc2c(NC=O)c(C(C)C)oc2n1. The van der Waals surface area contributed by atoms with Crippen LogP contribution in [0.3, 0.4) is 0 Å². The molecule has 0 saturated carbocycles. The number of carbonyl (C=O) groups is 1. The highest BCUT2D eigenvalue weighted by Gasteiger charge is 2.17. The van der Waals surface area contributed by atoms with Crippen LogP contribution in [-0.4, -0.2) is 11.4 Å². The first-order chi connectivity index (χ1) is 7.63. The van der Waals surface area contributed by atoms with Crippen molar-refractivity contribution < 1.29 is 9.21 Å². The summed E-state index contributed by atoms with van der Waals surface area (Å²) in [6, 6.07) is 3.82. The molecule has 2 aromatic heterocycles. The van der Waals surface area contributed by atoms with Crippen molar-refractivity contribution in [1.29, 1.82) is 0 Å². The second-order valence-corrected chi connectivity index (χ2v) is 4.06. The molecule has 0 fully saturated rings. The van der Waals surface area contributed by atoms with Gasteiger partial charge in [0.25, 0.3) is 0 Å². The van der Waals surface area contributed by atoms with Gasteiger partial charge in [0.2, 0.25) is 12.1 Å². The van der Waals surface area contributed by atoms with E-state index in [0.29, 0.717) is 12.1 Å². The highest BCUT2D eigenvalue weighted by Crippen LogP contribution is 2.34. The summed E-state index contributed by atoms with van der Waals surface area (Å²) in [6.07, 6.45) is 0.663. The average Bonchev–Trinajstić information content (AvgIpc) is 2.57. The number of nitrogens with zero attached hydrogens (tertiary/aromatic N) is 1. The van der Waals surface area contributed by atoms with E-state index >= 15 is 0 Å². The summed E-state index contributed by atoms with van der Waals surface area (Å²) in [5.74, 6) is 0.970. The molecule has 0 radical (unpaired) electrons. The van der Waals surface area contributed by atoms with Gasteiger partial charge in [-0.05, 0) is 19.1 Å². The van der Waals surface area contributed by atoms with Gasteiger partial charge in [0.1, 0.15) is 5.76 Å². The van der Waals surface area contributed by atoms with Crippen molar-refractivity contribution in [3.05, 3.63) is 23.6 Å². The molecule has 2 rings (SSSR count). The van der Waals surface area contributed by atoms with Crippen molar-refractivity contribution in [2.24, 2.45) is 0 Å². The molecule has 0 bridgehead atoms. The van der Waals surface area contributed by atoms with Gasteiger partial charge >= 0.3 is 0 Å². The van der Waals surface area contributed by atoms with E-state index in [2.05, 4.69) is 10.3 Å². The van der Waals surface area contributed by atoms with E-state index in [4.69, 9.17) is 4.42 Å². The van der Waals surface area contributed by atoms with E-state index < -0.39 is 0 Å². The Balaban J connectivity index is 2.70. The van der Waals surface area contributed by atoms with Crippen molar-refractivity contribution in [1.82, 2.24) is 4.98 Å². The third kappa shape index (κ3) is 1.66. The van der Waals surface area contributed by atoms with E-state index in [1.165, 1.54) is 0 Å². The maximum absolute atomic E-state index is 10.6. The number of furan rings is 1. The molecule has 16 heavy (non-hydrogen) atoms. The largest absolute Gasteiger partial charge is 0.440 e. The lowest BCUT2D eigenvalue weighted by Crippen LogP contribution is -1.97. The van der Waals surface area contributed by atoms with Crippen LogP contribution < -0.4 is 5.32 Å². The number of hydrogen-bond acceptors (Lipinski definition) is 3. The zero-order valence-electron chi connectivity index (χ0n) is 9.57. The number of hydrogen-bond donors (Lipinski definition) is 1. The van der Waals surface area contributed by atoms with Crippen LogP contribution in [0.4, 0.5) is 5.69 Å². The van der Waals surface area contributed by atoms with Crippen LogP contribution in [0.5, 0.6) is 0 Å². The molecule has 2 aromatic rings. The summed E-state index contributed by atoms with van der Waals surface area (Å²) in [7, 11) is 0. The lowest BCUT2D eigenvalue weighted by Gasteiger charge is -2.03. The summed E-state index contributed by atoms with van der Waals surface area (Å²) in [5.41, 5.74) is 2.20. The molecule has 1 amide bonds. The smallest absolute Gasteiger partial charge is 0.228 e. The normalized spacial score (nSPS) is 11.0. The van der Waals surface area contributed by atoms with Crippen LogP contribution >= 0.6 is 0 Å². The van der Waals surface area contributed by atoms with Crippen molar-refractivity contribution >= 4 is 23.2 Å². The molecule has 0 saturated heterocycles. The number of carbonyl (C=O) groups excluding carboxylic acids is 1. The zero-order valence-corrected chi connectivity index (χ0v) is 9.57. The Labute approximate surface area is 93.7 Å². The van der Waals surface area contributed by atoms with Crippen molar-refractivity contribution in [3.63, 3.8) is 0 Å². The average molecular weight is 218 g/mol. The van der Waals surface area contributed by atoms with E-state index in [-0.39, 0.29) is 5.92 Å². The summed E-state index contributed by atoms with van der Waals surface area (Å²) < 4.78 is 5.66. The zero-order chi connectivity index (χ0) is 11.7. The van der Waals surface area contributed by atoms with Crippen LogP contribution in [-0.2, 0) is 4.79 Å². The van der Waals surface area contributed by atoms with Gasteiger partial charge in [-0.2, -0.15) is 0 Å². The molecule has 2 heterocycles. The Morgan fingerprint density at radius 1 is 1.44 bits per heavy atom. The minimum absolute atomic E-state index is 0.206. The first-order valence-corrected chi connectivity index (χ1v) is 5.23. The Hall–Kier alpha value is -1.84. The van der Waals surface area contributed by atoms with Gasteiger partial charge in [-0.3, -0.25) is 4.79 Å². The predicted octanol–water partition coefficient (Wildman–Crippen LogP) is 2.83. The molecule has 84 valence electrons. The standard InChI is InChI=1S/C12H14N2O2/c1-7(2)11-10(13-6-15)9-5-4-8(3)14-12(9)16-11/h4-7H,1-3H3,(H,13,15). The summed E-state index contributed by atoms with van der Waals surface area (Å²) in [6.45, 7) is 5.94. The van der Waals surface area contributed by atoms with Crippen molar-refractivity contribution in [2.75, 3.05) is 5.32 Å². The molecular weight excluding hydrogens is 204 g/mol. The Kier molecular flexibility index (Phi) is 2.64. The second-order valence-electron chi connectivity index (χ2n) is 4.06. The first-order valence-electron chi connectivity index (χ1n) is 5.23. The Morgan fingerprint density at radius 3 is 2.81 bits per heavy atom. The molecule has 0 spiro atoms. The van der Waals surface area contributed by atoms with Crippen LogP contribution in [0.2, 0.25) is 0 Å². The number of pyridine rings is 1. The Bertz CT molecular complexity index is 529. The number of anilines is 1. The van der Waals surface area contributed by atoms with Gasteiger partial charge in [-0.25, -0.2) is 4.98 Å². The third-order valence-electron chi connectivity index (χ3n) is 2.45. The monoisotopic (exact) mass is 218 g/mol. The molecule has 0 aliphatic rings. The van der Waals surface area contributed by atoms with E-state index in [0.717, 1.165) is 22.5 Å². The highest BCUT2D eigenvalue weighted by molar-refractivity contribution is 5.95. The van der Waals surface area contributed by atoms with Gasteiger partial charge in [0, 0.05) is 11.6 Å². The van der Waals surface area contributed by atoms with E-state index in [9.17, 15) is 4.79 Å². The molecule has 0 atom stereocenters. The number of fused-ring (bicyclic) bond motifs is 1. The van der Waals surface area contributed by atoms with Crippen LogP contribution in [0.15, 0.2) is 16.5 Å². The fourth-order valence-corrected chi connectivity index (χ4v) is 1.70. The highest BCUT2D eigenvalue weighted by atomic mass is 16.3. The number of aryl methyl sites for hydroxylation is 1. The fourth-order valence-electron chi connectivity index (χ4n) is 1.70. The topological polar surface area (TPSA) is 55.1 Å². The summed E-state index contributed by atoms with van der Waals surface area (Å²) in [4.78, 5) is 14.9. The lowest BCUT2D eigenvalue weighted by molar-refractivity contribution is -0.105. The van der Waals surface area contributed by atoms with Crippen molar-refractivity contribution in [2.45, 2.75) is 26.7 Å². The minimum atomic E-state index is 0.206. The van der Waals surface area contributed by atoms with Gasteiger partial charge in [0.05, 0.1) is 11.1 Å². The molecule has 0 aliphatic heterocycles. The lowest BCUT2D eigenvalue weighted by atomic mass is 10.1. The van der Waals surface area contributed by atoms with Gasteiger partial charge < -0.3 is 9.73 Å². The number of rotatable bonds is 3. The van der Waals surface area contributed by atoms with Gasteiger partial charge in [-0.15, -0.1) is 0 Å². The molecule has 0 aromatic carbocycles. The van der Waals surface area contributed by atoms with Crippen molar-refractivity contribution in [3.8, 4) is 0 Å². The number of aromatic nitrogens is 1. The summed E-state index contributed by atoms with van der Waals surface area (Å²) >= 11 is 0. The first kappa shape index (κ1) is 10.7. The quantitative estimate of drug-likeness (QED) is 0.806. The molecule has 1 N–H and O–H groups in total. The maximum atomic E-state index is 10.6. The van der Waals surface area contributed by atoms with Crippen LogP contribution in [0, 0.1) is 6.92 Å². The Morgan fingerprint density at radius 2 is 2.19 bits per heavy atom. The number of nitrogens with one attached hydrogen (secondary N) is 1. The summed E-state index contributed by atoms with van der Waals surface area (Å²) in [5, 5.41) is 3.53. The molecule has 0 aliphatic carbocycles. The molecule has 4 nitrogen and oxygen atoms in total. The second kappa shape index (κ2) is 3.96. The third-order valence-corrected chi connectivity index (χ3v) is 2.45. The van der Waals surface area contributed by atoms with E-state index in [1.54, 1.807) is 0 Å². The van der Waals surface area contributed by atoms with Crippen LogP contribution in [0.1, 0.15) is 31.2 Å². The molecular formula is C12H14N2O2. The maximum Gasteiger partial charge on any atom is 0.228 e.